The molecule has 0 radical (unpaired) electrons. The zero-order valence-corrected chi connectivity index (χ0v) is 25.7. The lowest BCUT2D eigenvalue weighted by molar-refractivity contribution is 0.0139. The molecule has 5 rings (SSSR count). The molecule has 3 amide bonds. The molecular formula is C31H31Cl2N5O5. The van der Waals surface area contributed by atoms with Crippen molar-refractivity contribution < 1.29 is 23.9 Å². The molecule has 4 aromatic rings. The monoisotopic (exact) mass is 623 g/mol. The summed E-state index contributed by atoms with van der Waals surface area (Å²) < 4.78 is 13.3. The molecule has 1 aliphatic rings. The second-order valence-electron chi connectivity index (χ2n) is 11.1. The van der Waals surface area contributed by atoms with E-state index in [2.05, 4.69) is 10.3 Å². The minimum atomic E-state index is -0.568. The highest BCUT2D eigenvalue weighted by atomic mass is 35.5. The Labute approximate surface area is 259 Å². The van der Waals surface area contributed by atoms with Crippen molar-refractivity contribution in [3.63, 3.8) is 0 Å². The molecule has 0 atom stereocenters. The molecule has 0 bridgehead atoms. The Balaban J connectivity index is 1.22. The number of nitrogens with zero attached hydrogens (tertiary/aromatic N) is 4. The number of benzene rings is 2. The third-order valence-corrected chi connectivity index (χ3v) is 7.59. The van der Waals surface area contributed by atoms with Crippen molar-refractivity contribution in [2.45, 2.75) is 26.4 Å². The van der Waals surface area contributed by atoms with Crippen LogP contribution in [0.2, 0.25) is 10.0 Å². The van der Waals surface area contributed by atoms with Crippen LogP contribution in [0.4, 0.5) is 10.5 Å². The van der Waals surface area contributed by atoms with Crippen LogP contribution in [0.1, 0.15) is 41.6 Å². The number of hydrogen-bond acceptors (Lipinski definition) is 6. The molecular weight excluding hydrogens is 593 g/mol. The Morgan fingerprint density at radius 3 is 2.26 bits per heavy atom. The van der Waals surface area contributed by atoms with E-state index in [1.165, 1.54) is 12.3 Å². The summed E-state index contributed by atoms with van der Waals surface area (Å²) in [7, 11) is 1.85. The molecule has 2 aromatic heterocycles. The number of carbonyl (C=O) groups is 3. The Hall–Kier alpha value is -4.28. The van der Waals surface area contributed by atoms with Crippen LogP contribution < -0.4 is 10.1 Å². The first kappa shape index (κ1) is 30.2. The molecule has 0 aliphatic carbocycles. The molecule has 1 fully saturated rings. The first-order chi connectivity index (χ1) is 20.4. The van der Waals surface area contributed by atoms with Crippen molar-refractivity contribution in [3.8, 4) is 11.6 Å². The first-order valence-corrected chi connectivity index (χ1v) is 14.4. The van der Waals surface area contributed by atoms with Gasteiger partial charge in [0.15, 0.2) is 0 Å². The van der Waals surface area contributed by atoms with Crippen molar-refractivity contribution in [1.29, 1.82) is 0 Å². The number of hydrogen-bond donors (Lipinski definition) is 1. The van der Waals surface area contributed by atoms with Gasteiger partial charge >= 0.3 is 6.09 Å². The third kappa shape index (κ3) is 7.03. The van der Waals surface area contributed by atoms with Gasteiger partial charge in [-0.3, -0.25) is 9.59 Å². The van der Waals surface area contributed by atoms with Gasteiger partial charge in [0.25, 0.3) is 11.8 Å². The van der Waals surface area contributed by atoms with Gasteiger partial charge in [0, 0.05) is 55.8 Å². The molecule has 2 aromatic carbocycles. The standard InChI is InChI=1S/C31H31Cl2N5O5/c1-31(2,3)43-30(41)38-13-11-37(12-14-38)29(40)26-17-20-15-22(7-9-25(20)36(26)4)42-27-10-6-21(18-34-27)35-28(39)19-5-8-23(32)24(33)16-19/h5-10,15-18H,11-14H2,1-4H3,(H,35,39). The maximum atomic E-state index is 13.4. The third-order valence-electron chi connectivity index (χ3n) is 6.85. The van der Waals surface area contributed by atoms with Crippen LogP contribution in [0.25, 0.3) is 10.9 Å². The number of fused-ring (bicyclic) bond motifs is 1. The minimum Gasteiger partial charge on any atom is -0.444 e. The molecule has 1 saturated heterocycles. The number of anilines is 1. The quantitative estimate of drug-likeness (QED) is 0.268. The van der Waals surface area contributed by atoms with Gasteiger partial charge in [-0.2, -0.15) is 0 Å². The molecule has 1 aliphatic heterocycles. The SMILES string of the molecule is Cn1c(C(=O)N2CCN(C(=O)OC(C)(C)C)CC2)cc2cc(Oc3ccc(NC(=O)c4ccc(Cl)c(Cl)c4)cn3)ccc21. The average Bonchev–Trinajstić information content (AvgIpc) is 3.29. The van der Waals surface area contributed by atoms with E-state index < -0.39 is 5.60 Å². The first-order valence-electron chi connectivity index (χ1n) is 13.6. The van der Waals surface area contributed by atoms with Crippen molar-refractivity contribution in [1.82, 2.24) is 19.4 Å². The van der Waals surface area contributed by atoms with Gasteiger partial charge in [0.1, 0.15) is 17.0 Å². The Morgan fingerprint density at radius 2 is 1.60 bits per heavy atom. The van der Waals surface area contributed by atoms with E-state index in [4.69, 9.17) is 32.7 Å². The number of nitrogens with one attached hydrogen (secondary N) is 1. The number of rotatable bonds is 5. The number of piperazine rings is 1. The predicted octanol–water partition coefficient (Wildman–Crippen LogP) is 6.62. The fourth-order valence-electron chi connectivity index (χ4n) is 4.65. The Kier molecular flexibility index (Phi) is 8.52. The highest BCUT2D eigenvalue weighted by Gasteiger charge is 2.29. The van der Waals surface area contributed by atoms with Gasteiger partial charge in [-0.25, -0.2) is 9.78 Å². The normalized spacial score (nSPS) is 13.6. The molecule has 0 unspecified atom stereocenters. The van der Waals surface area contributed by atoms with Gasteiger partial charge in [-0.05, 0) is 69.3 Å². The van der Waals surface area contributed by atoms with E-state index in [1.807, 2.05) is 50.6 Å². The summed E-state index contributed by atoms with van der Waals surface area (Å²) in [4.78, 5) is 46.0. The van der Waals surface area contributed by atoms with Crippen molar-refractivity contribution >= 4 is 57.7 Å². The largest absolute Gasteiger partial charge is 0.444 e. The van der Waals surface area contributed by atoms with Gasteiger partial charge in [-0.15, -0.1) is 0 Å². The highest BCUT2D eigenvalue weighted by Crippen LogP contribution is 2.28. The number of amides is 3. The number of carbonyl (C=O) groups excluding carboxylic acids is 3. The fraction of sp³-hybridized carbons (Fsp3) is 0.290. The number of ether oxygens (including phenoxy) is 2. The summed E-state index contributed by atoms with van der Waals surface area (Å²) in [6.07, 6.45) is 1.12. The number of pyridine rings is 1. The summed E-state index contributed by atoms with van der Waals surface area (Å²) in [6.45, 7) is 7.15. The highest BCUT2D eigenvalue weighted by molar-refractivity contribution is 6.42. The number of aromatic nitrogens is 2. The molecule has 10 nitrogen and oxygen atoms in total. The molecule has 3 heterocycles. The van der Waals surface area contributed by atoms with E-state index in [9.17, 15) is 14.4 Å². The minimum absolute atomic E-state index is 0.106. The van der Waals surface area contributed by atoms with Crippen LogP contribution in [0.3, 0.4) is 0 Å². The lowest BCUT2D eigenvalue weighted by Gasteiger charge is -2.35. The maximum Gasteiger partial charge on any atom is 0.410 e. The van der Waals surface area contributed by atoms with E-state index in [0.29, 0.717) is 64.8 Å². The second-order valence-corrected chi connectivity index (χ2v) is 12.0. The van der Waals surface area contributed by atoms with E-state index >= 15 is 0 Å². The van der Waals surface area contributed by atoms with Crippen molar-refractivity contribution in [3.05, 3.63) is 82.1 Å². The lowest BCUT2D eigenvalue weighted by Crippen LogP contribution is -2.51. The zero-order valence-electron chi connectivity index (χ0n) is 24.2. The van der Waals surface area contributed by atoms with Gasteiger partial charge in [-0.1, -0.05) is 23.2 Å². The number of halogens is 2. The number of aryl methyl sites for hydroxylation is 1. The summed E-state index contributed by atoms with van der Waals surface area (Å²) >= 11 is 11.9. The van der Waals surface area contributed by atoms with Crippen molar-refractivity contribution in [2.75, 3.05) is 31.5 Å². The van der Waals surface area contributed by atoms with E-state index in [0.717, 1.165) is 10.9 Å². The summed E-state index contributed by atoms with van der Waals surface area (Å²) in [5, 5.41) is 4.26. The molecule has 1 N–H and O–H groups in total. The zero-order chi connectivity index (χ0) is 30.9. The Morgan fingerprint density at radius 1 is 0.884 bits per heavy atom. The topological polar surface area (TPSA) is 106 Å². The van der Waals surface area contributed by atoms with Crippen LogP contribution in [-0.2, 0) is 11.8 Å². The predicted molar refractivity (Wildman–Crippen MR) is 165 cm³/mol. The lowest BCUT2D eigenvalue weighted by atomic mass is 10.2. The van der Waals surface area contributed by atoms with Gasteiger partial charge in [0.05, 0.1) is 21.9 Å². The van der Waals surface area contributed by atoms with Crippen molar-refractivity contribution in [2.24, 2.45) is 7.05 Å². The van der Waals surface area contributed by atoms with Crippen LogP contribution >= 0.6 is 23.2 Å². The van der Waals surface area contributed by atoms with E-state index in [1.54, 1.807) is 40.1 Å². The molecule has 224 valence electrons. The fourth-order valence-corrected chi connectivity index (χ4v) is 4.95. The van der Waals surface area contributed by atoms with Gasteiger partial charge in [0.2, 0.25) is 5.88 Å². The maximum absolute atomic E-state index is 13.4. The average molecular weight is 625 g/mol. The second kappa shape index (κ2) is 12.1. The summed E-state index contributed by atoms with van der Waals surface area (Å²) in [5.41, 5.74) is 1.69. The molecule has 0 saturated carbocycles. The van der Waals surface area contributed by atoms with E-state index in [-0.39, 0.29) is 17.9 Å². The molecule has 43 heavy (non-hydrogen) atoms. The van der Waals surface area contributed by atoms with Gasteiger partial charge < -0.3 is 29.2 Å². The van der Waals surface area contributed by atoms with Crippen LogP contribution in [0, 0.1) is 0 Å². The molecule has 12 heteroatoms. The summed E-state index contributed by atoms with van der Waals surface area (Å²) in [6, 6.07) is 15.3. The smallest absolute Gasteiger partial charge is 0.410 e. The molecule has 0 spiro atoms. The van der Waals surface area contributed by atoms with Crippen LogP contribution in [0.15, 0.2) is 60.8 Å². The summed E-state index contributed by atoms with van der Waals surface area (Å²) in [5.74, 6) is 0.425. The Bertz CT molecular complexity index is 1690. The van der Waals surface area contributed by atoms with Crippen LogP contribution in [0.5, 0.6) is 11.6 Å². The van der Waals surface area contributed by atoms with Crippen LogP contribution in [-0.4, -0.2) is 69.0 Å².